The monoisotopic (exact) mass is 322 g/mol. The van der Waals surface area contributed by atoms with E-state index in [9.17, 15) is 14.9 Å². The van der Waals surface area contributed by atoms with Crippen molar-refractivity contribution in [3.63, 3.8) is 0 Å². The molecule has 1 N–H and O–H groups in total. The van der Waals surface area contributed by atoms with Crippen LogP contribution in [0.15, 0.2) is 18.2 Å². The van der Waals surface area contributed by atoms with Crippen LogP contribution in [-0.4, -0.2) is 28.8 Å². The molecule has 0 heterocycles. The zero-order chi connectivity index (χ0) is 17.3. The van der Waals surface area contributed by atoms with Crippen molar-refractivity contribution in [2.24, 2.45) is 0 Å². The molecule has 1 saturated carbocycles. The molecule has 7 nitrogen and oxygen atoms in total. The minimum Gasteiger partial charge on any atom is -0.484 e. The Kier molecular flexibility index (Phi) is 4.49. The Morgan fingerprint density at radius 1 is 1.39 bits per heavy atom. The second-order valence-electron chi connectivity index (χ2n) is 6.92. The molecule has 0 unspecified atom stereocenters. The molecule has 0 spiro atoms. The fourth-order valence-corrected chi connectivity index (χ4v) is 2.08. The molecule has 7 heteroatoms. The summed E-state index contributed by atoms with van der Waals surface area (Å²) in [4.78, 5) is 22.4. The van der Waals surface area contributed by atoms with Crippen LogP contribution >= 0.6 is 0 Å². The molecule has 126 valence electrons. The third kappa shape index (κ3) is 4.84. The summed E-state index contributed by atoms with van der Waals surface area (Å²) >= 11 is 0. The molecular weight excluding hydrogens is 300 g/mol. The average Bonchev–Trinajstić information content (AvgIpc) is 3.13. The Morgan fingerprint density at radius 2 is 2.04 bits per heavy atom. The number of nitrogens with zero attached hydrogens (tertiary/aromatic N) is 1. The Labute approximate surface area is 135 Å². The van der Waals surface area contributed by atoms with E-state index in [1.54, 1.807) is 32.9 Å². The highest BCUT2D eigenvalue weighted by Crippen LogP contribution is 2.37. The van der Waals surface area contributed by atoms with E-state index in [1.807, 2.05) is 6.92 Å². The summed E-state index contributed by atoms with van der Waals surface area (Å²) in [5.41, 5.74) is -0.282. The number of nitro groups is 1. The summed E-state index contributed by atoms with van der Waals surface area (Å²) < 4.78 is 10.9. The lowest BCUT2D eigenvalue weighted by Crippen LogP contribution is -2.44. The van der Waals surface area contributed by atoms with Gasteiger partial charge in [-0.3, -0.25) is 10.1 Å². The molecule has 0 aromatic heterocycles. The maximum Gasteiger partial charge on any atom is 0.408 e. The molecule has 1 aromatic carbocycles. The quantitative estimate of drug-likeness (QED) is 0.663. The van der Waals surface area contributed by atoms with Gasteiger partial charge in [0.2, 0.25) is 0 Å². The number of alkyl carbamates (subject to hydrolysis) is 1. The maximum absolute atomic E-state index is 11.9. The van der Waals surface area contributed by atoms with Crippen LogP contribution in [0.4, 0.5) is 10.5 Å². The SMILES string of the molecule is Cc1ccc([N+](=O)[O-])c(OCC2(NC(=O)OC(C)(C)C)CC2)c1. The van der Waals surface area contributed by atoms with E-state index in [4.69, 9.17) is 9.47 Å². The molecule has 0 aliphatic heterocycles. The molecule has 0 bridgehead atoms. The van der Waals surface area contributed by atoms with E-state index in [2.05, 4.69) is 5.32 Å². The first-order valence-electron chi connectivity index (χ1n) is 7.49. The number of benzene rings is 1. The molecular formula is C16H22N2O5. The van der Waals surface area contributed by atoms with Crippen LogP contribution in [0.1, 0.15) is 39.2 Å². The number of amides is 1. The molecule has 0 radical (unpaired) electrons. The number of carbonyl (C=O) groups is 1. The lowest BCUT2D eigenvalue weighted by atomic mass is 10.2. The van der Waals surface area contributed by atoms with Crippen molar-refractivity contribution >= 4 is 11.8 Å². The van der Waals surface area contributed by atoms with Gasteiger partial charge in [-0.15, -0.1) is 0 Å². The smallest absolute Gasteiger partial charge is 0.408 e. The zero-order valence-electron chi connectivity index (χ0n) is 13.8. The Hall–Kier alpha value is -2.31. The van der Waals surface area contributed by atoms with E-state index in [1.165, 1.54) is 6.07 Å². The normalized spacial score (nSPS) is 15.7. The largest absolute Gasteiger partial charge is 0.484 e. The first kappa shape index (κ1) is 17.1. The number of carbonyl (C=O) groups excluding carboxylic acids is 1. The summed E-state index contributed by atoms with van der Waals surface area (Å²) in [5, 5.41) is 13.8. The Bertz CT molecular complexity index is 617. The van der Waals surface area contributed by atoms with Crippen LogP contribution in [0, 0.1) is 17.0 Å². The molecule has 23 heavy (non-hydrogen) atoms. The predicted molar refractivity (Wildman–Crippen MR) is 84.7 cm³/mol. The van der Waals surface area contributed by atoms with Gasteiger partial charge in [-0.1, -0.05) is 6.07 Å². The number of ether oxygens (including phenoxy) is 2. The third-order valence-electron chi connectivity index (χ3n) is 3.44. The van der Waals surface area contributed by atoms with Crippen molar-refractivity contribution in [1.82, 2.24) is 5.32 Å². The van der Waals surface area contributed by atoms with E-state index in [0.29, 0.717) is 0 Å². The molecule has 0 saturated heterocycles. The molecule has 1 fully saturated rings. The number of rotatable bonds is 5. The Morgan fingerprint density at radius 3 is 2.57 bits per heavy atom. The highest BCUT2D eigenvalue weighted by molar-refractivity contribution is 5.69. The van der Waals surface area contributed by atoms with Crippen LogP contribution < -0.4 is 10.1 Å². The standard InChI is InChI=1S/C16H22N2O5/c1-11-5-6-12(18(20)21)13(9-11)22-10-16(7-8-16)17-14(19)23-15(2,3)4/h5-6,9H,7-8,10H2,1-4H3,(H,17,19). The van der Waals surface area contributed by atoms with Crippen LogP contribution in [0.3, 0.4) is 0 Å². The van der Waals surface area contributed by atoms with E-state index < -0.39 is 22.2 Å². The van der Waals surface area contributed by atoms with Gasteiger partial charge >= 0.3 is 11.8 Å². The van der Waals surface area contributed by atoms with Crippen LogP contribution in [-0.2, 0) is 4.74 Å². The molecule has 0 atom stereocenters. The summed E-state index contributed by atoms with van der Waals surface area (Å²) in [5.74, 6) is 0.215. The van der Waals surface area contributed by atoms with Gasteiger partial charge in [0.15, 0.2) is 5.75 Å². The van der Waals surface area contributed by atoms with E-state index in [0.717, 1.165) is 18.4 Å². The highest BCUT2D eigenvalue weighted by atomic mass is 16.6. The van der Waals surface area contributed by atoms with Crippen molar-refractivity contribution in [2.45, 2.75) is 51.7 Å². The highest BCUT2D eigenvalue weighted by Gasteiger charge is 2.46. The molecule has 1 aromatic rings. The fourth-order valence-electron chi connectivity index (χ4n) is 2.08. The maximum atomic E-state index is 11.9. The number of nitrogens with one attached hydrogen (secondary N) is 1. The van der Waals surface area contributed by atoms with Gasteiger partial charge in [-0.2, -0.15) is 0 Å². The molecule has 1 amide bonds. The van der Waals surface area contributed by atoms with Gasteiger partial charge in [0.1, 0.15) is 12.2 Å². The van der Waals surface area contributed by atoms with Crippen LogP contribution in [0.2, 0.25) is 0 Å². The Balaban J connectivity index is 1.99. The number of hydrogen-bond donors (Lipinski definition) is 1. The molecule has 1 aliphatic carbocycles. The topological polar surface area (TPSA) is 90.7 Å². The lowest BCUT2D eigenvalue weighted by Gasteiger charge is -2.23. The first-order chi connectivity index (χ1) is 10.6. The summed E-state index contributed by atoms with van der Waals surface area (Å²) in [6, 6.07) is 4.71. The van der Waals surface area contributed by atoms with Gasteiger partial charge in [0.25, 0.3) is 0 Å². The minimum absolute atomic E-state index is 0.0799. The third-order valence-corrected chi connectivity index (χ3v) is 3.44. The summed E-state index contributed by atoms with van der Waals surface area (Å²) in [6.07, 6.45) is 1.01. The molecule has 1 aliphatic rings. The zero-order valence-corrected chi connectivity index (χ0v) is 13.8. The summed E-state index contributed by atoms with van der Waals surface area (Å²) in [7, 11) is 0. The van der Waals surface area contributed by atoms with Gasteiger partial charge in [0.05, 0.1) is 10.5 Å². The second-order valence-corrected chi connectivity index (χ2v) is 6.92. The van der Waals surface area contributed by atoms with Gasteiger partial charge in [-0.05, 0) is 52.2 Å². The molecule has 2 rings (SSSR count). The minimum atomic E-state index is -0.573. The van der Waals surface area contributed by atoms with Crippen molar-refractivity contribution in [2.75, 3.05) is 6.61 Å². The van der Waals surface area contributed by atoms with Gasteiger partial charge in [-0.25, -0.2) is 4.79 Å². The first-order valence-corrected chi connectivity index (χ1v) is 7.49. The van der Waals surface area contributed by atoms with Crippen molar-refractivity contribution in [3.05, 3.63) is 33.9 Å². The summed E-state index contributed by atoms with van der Waals surface area (Å²) in [6.45, 7) is 7.38. The van der Waals surface area contributed by atoms with E-state index in [-0.39, 0.29) is 18.0 Å². The fraction of sp³-hybridized carbons (Fsp3) is 0.562. The number of nitro benzene ring substituents is 1. The average molecular weight is 322 g/mol. The van der Waals surface area contributed by atoms with Crippen molar-refractivity contribution in [1.29, 1.82) is 0 Å². The second kappa shape index (κ2) is 6.06. The van der Waals surface area contributed by atoms with E-state index >= 15 is 0 Å². The van der Waals surface area contributed by atoms with Crippen molar-refractivity contribution in [3.8, 4) is 5.75 Å². The number of aryl methyl sites for hydroxylation is 1. The number of hydrogen-bond acceptors (Lipinski definition) is 5. The van der Waals surface area contributed by atoms with Gasteiger partial charge < -0.3 is 14.8 Å². The van der Waals surface area contributed by atoms with Gasteiger partial charge in [0, 0.05) is 6.07 Å². The van der Waals surface area contributed by atoms with Crippen LogP contribution in [0.25, 0.3) is 0 Å². The van der Waals surface area contributed by atoms with Crippen molar-refractivity contribution < 1.29 is 19.2 Å². The van der Waals surface area contributed by atoms with Crippen LogP contribution in [0.5, 0.6) is 5.75 Å². The lowest BCUT2D eigenvalue weighted by molar-refractivity contribution is -0.385. The predicted octanol–water partition coefficient (Wildman–Crippen LogP) is 3.34.